The largest absolute Gasteiger partial charge is 0.493 e. The average Bonchev–Trinajstić information content (AvgIpc) is 2.29. The Kier molecular flexibility index (Phi) is 4.91. The molecule has 2 nitrogen and oxygen atoms in total. The Hall–Kier alpha value is -1.28. The van der Waals surface area contributed by atoms with Gasteiger partial charge in [0.2, 0.25) is 0 Å². The molecule has 0 aromatic heterocycles. The minimum atomic E-state index is -0.440. The molecule has 0 aliphatic carbocycles. The first-order valence-electron chi connectivity index (χ1n) is 5.30. The van der Waals surface area contributed by atoms with Crippen LogP contribution in [0.15, 0.2) is 36.9 Å². The molecule has 2 heteroatoms. The Morgan fingerprint density at radius 2 is 2.20 bits per heavy atom. The molecular weight excluding hydrogens is 188 g/mol. The number of ether oxygens (including phenoxy) is 1. The molecular formula is C13H18O2. The van der Waals surface area contributed by atoms with Crippen LogP contribution in [0.1, 0.15) is 31.4 Å². The van der Waals surface area contributed by atoms with Gasteiger partial charge in [-0.05, 0) is 18.9 Å². The molecule has 1 aromatic carbocycles. The lowest BCUT2D eigenvalue weighted by molar-refractivity contribution is 0.167. The maximum atomic E-state index is 9.77. The van der Waals surface area contributed by atoms with E-state index in [4.69, 9.17) is 4.74 Å². The summed E-state index contributed by atoms with van der Waals surface area (Å²) in [5.41, 5.74) is 0.865. The molecule has 0 heterocycles. The van der Waals surface area contributed by atoms with Crippen LogP contribution in [0.4, 0.5) is 0 Å². The first-order valence-corrected chi connectivity index (χ1v) is 5.30. The zero-order valence-electron chi connectivity index (χ0n) is 9.15. The SMILES string of the molecule is C=CCCOc1ccccc1[C@H](O)CC. The molecule has 1 aromatic rings. The Morgan fingerprint density at radius 1 is 1.47 bits per heavy atom. The summed E-state index contributed by atoms with van der Waals surface area (Å²) >= 11 is 0. The molecule has 0 aliphatic heterocycles. The van der Waals surface area contributed by atoms with Crippen molar-refractivity contribution in [1.82, 2.24) is 0 Å². The molecule has 0 radical (unpaired) electrons. The van der Waals surface area contributed by atoms with E-state index in [0.29, 0.717) is 13.0 Å². The molecule has 0 fully saturated rings. The summed E-state index contributed by atoms with van der Waals surface area (Å²) in [4.78, 5) is 0. The van der Waals surface area contributed by atoms with E-state index in [9.17, 15) is 5.11 Å². The van der Waals surface area contributed by atoms with E-state index in [2.05, 4.69) is 6.58 Å². The van der Waals surface area contributed by atoms with Crippen LogP contribution in [-0.2, 0) is 0 Å². The lowest BCUT2D eigenvalue weighted by Crippen LogP contribution is -2.02. The van der Waals surface area contributed by atoms with Gasteiger partial charge < -0.3 is 9.84 Å². The van der Waals surface area contributed by atoms with Crippen LogP contribution in [0, 0.1) is 0 Å². The number of aliphatic hydroxyl groups is 1. The first kappa shape index (κ1) is 11.8. The lowest BCUT2D eigenvalue weighted by atomic mass is 10.1. The smallest absolute Gasteiger partial charge is 0.125 e. The van der Waals surface area contributed by atoms with Gasteiger partial charge >= 0.3 is 0 Å². The summed E-state index contributed by atoms with van der Waals surface area (Å²) in [7, 11) is 0. The van der Waals surface area contributed by atoms with Crippen LogP contribution in [0.2, 0.25) is 0 Å². The lowest BCUT2D eigenvalue weighted by Gasteiger charge is -2.14. The molecule has 15 heavy (non-hydrogen) atoms. The normalized spacial score (nSPS) is 12.1. The van der Waals surface area contributed by atoms with Crippen molar-refractivity contribution in [3.05, 3.63) is 42.5 Å². The van der Waals surface area contributed by atoms with Crippen molar-refractivity contribution in [1.29, 1.82) is 0 Å². The molecule has 0 amide bonds. The second kappa shape index (κ2) is 6.25. The van der Waals surface area contributed by atoms with Gasteiger partial charge in [-0.3, -0.25) is 0 Å². The number of benzene rings is 1. The fourth-order valence-corrected chi connectivity index (χ4v) is 1.36. The fraction of sp³-hybridized carbons (Fsp3) is 0.385. The van der Waals surface area contributed by atoms with Crippen LogP contribution >= 0.6 is 0 Å². The van der Waals surface area contributed by atoms with Gasteiger partial charge in [0, 0.05) is 5.56 Å². The van der Waals surface area contributed by atoms with Crippen molar-refractivity contribution in [3.63, 3.8) is 0 Å². The Bertz CT molecular complexity index is 307. The second-order valence-corrected chi connectivity index (χ2v) is 3.39. The molecule has 1 rings (SSSR count). The summed E-state index contributed by atoms with van der Waals surface area (Å²) in [5, 5.41) is 9.77. The van der Waals surface area contributed by atoms with Gasteiger partial charge in [-0.15, -0.1) is 6.58 Å². The zero-order valence-corrected chi connectivity index (χ0v) is 9.15. The maximum absolute atomic E-state index is 9.77. The van der Waals surface area contributed by atoms with Gasteiger partial charge in [-0.25, -0.2) is 0 Å². The third kappa shape index (κ3) is 3.40. The van der Waals surface area contributed by atoms with Crippen LogP contribution in [0.25, 0.3) is 0 Å². The third-order valence-electron chi connectivity index (χ3n) is 2.24. The van der Waals surface area contributed by atoms with Gasteiger partial charge in [-0.2, -0.15) is 0 Å². The molecule has 0 saturated carbocycles. The highest BCUT2D eigenvalue weighted by atomic mass is 16.5. The predicted molar refractivity (Wildman–Crippen MR) is 62.0 cm³/mol. The molecule has 1 atom stereocenters. The zero-order chi connectivity index (χ0) is 11.1. The monoisotopic (exact) mass is 206 g/mol. The van der Waals surface area contributed by atoms with Crippen LogP contribution in [0.3, 0.4) is 0 Å². The average molecular weight is 206 g/mol. The summed E-state index contributed by atoms with van der Waals surface area (Å²) in [6.07, 6.45) is 2.89. The number of hydrogen-bond donors (Lipinski definition) is 1. The van der Waals surface area contributed by atoms with Crippen molar-refractivity contribution in [2.75, 3.05) is 6.61 Å². The minimum Gasteiger partial charge on any atom is -0.493 e. The van der Waals surface area contributed by atoms with Gasteiger partial charge in [0.25, 0.3) is 0 Å². The Morgan fingerprint density at radius 3 is 2.87 bits per heavy atom. The summed E-state index contributed by atoms with van der Waals surface area (Å²) < 4.78 is 5.57. The molecule has 0 unspecified atom stereocenters. The minimum absolute atomic E-state index is 0.440. The van der Waals surface area contributed by atoms with E-state index in [1.807, 2.05) is 37.3 Å². The van der Waals surface area contributed by atoms with Crippen LogP contribution in [0.5, 0.6) is 5.75 Å². The van der Waals surface area contributed by atoms with Crippen LogP contribution < -0.4 is 4.74 Å². The molecule has 0 spiro atoms. The van der Waals surface area contributed by atoms with Gasteiger partial charge in [-0.1, -0.05) is 31.2 Å². The van der Waals surface area contributed by atoms with E-state index < -0.39 is 6.10 Å². The standard InChI is InChI=1S/C13H18O2/c1-3-5-10-15-13-9-7-6-8-11(13)12(14)4-2/h3,6-9,12,14H,1,4-5,10H2,2H3/t12-/m1/s1. The third-order valence-corrected chi connectivity index (χ3v) is 2.24. The predicted octanol–water partition coefficient (Wildman–Crippen LogP) is 3.08. The van der Waals surface area contributed by atoms with Crippen molar-refractivity contribution < 1.29 is 9.84 Å². The van der Waals surface area contributed by atoms with Crippen LogP contribution in [-0.4, -0.2) is 11.7 Å². The second-order valence-electron chi connectivity index (χ2n) is 3.39. The first-order chi connectivity index (χ1) is 7.29. The van der Waals surface area contributed by atoms with Crippen molar-refractivity contribution in [2.45, 2.75) is 25.9 Å². The molecule has 0 saturated heterocycles. The van der Waals surface area contributed by atoms with E-state index in [1.54, 1.807) is 0 Å². The Labute approximate surface area is 91.2 Å². The van der Waals surface area contributed by atoms with Crippen molar-refractivity contribution in [3.8, 4) is 5.75 Å². The molecule has 1 N–H and O–H groups in total. The maximum Gasteiger partial charge on any atom is 0.125 e. The fourth-order valence-electron chi connectivity index (χ4n) is 1.36. The molecule has 0 bridgehead atoms. The quantitative estimate of drug-likeness (QED) is 0.572. The number of rotatable bonds is 6. The van der Waals surface area contributed by atoms with E-state index in [1.165, 1.54) is 0 Å². The summed E-state index contributed by atoms with van der Waals surface area (Å²) in [6.45, 7) is 6.19. The van der Waals surface area contributed by atoms with Crippen molar-refractivity contribution >= 4 is 0 Å². The molecule has 0 aliphatic rings. The van der Waals surface area contributed by atoms with Gasteiger partial charge in [0.15, 0.2) is 0 Å². The Balaban J connectivity index is 2.72. The van der Waals surface area contributed by atoms with Crippen molar-refractivity contribution in [2.24, 2.45) is 0 Å². The molecule has 82 valence electrons. The van der Waals surface area contributed by atoms with E-state index >= 15 is 0 Å². The van der Waals surface area contributed by atoms with Gasteiger partial charge in [0.05, 0.1) is 12.7 Å². The number of aliphatic hydroxyl groups excluding tert-OH is 1. The number of hydrogen-bond acceptors (Lipinski definition) is 2. The number of para-hydroxylation sites is 1. The summed E-state index contributed by atoms with van der Waals surface area (Å²) in [6, 6.07) is 7.61. The van der Waals surface area contributed by atoms with E-state index in [-0.39, 0.29) is 0 Å². The van der Waals surface area contributed by atoms with E-state index in [0.717, 1.165) is 17.7 Å². The highest BCUT2D eigenvalue weighted by Crippen LogP contribution is 2.26. The highest BCUT2D eigenvalue weighted by molar-refractivity contribution is 5.34. The van der Waals surface area contributed by atoms with Gasteiger partial charge in [0.1, 0.15) is 5.75 Å². The highest BCUT2D eigenvalue weighted by Gasteiger charge is 2.10. The topological polar surface area (TPSA) is 29.5 Å². The summed E-state index contributed by atoms with van der Waals surface area (Å²) in [5.74, 6) is 0.772.